The van der Waals surface area contributed by atoms with E-state index in [1.165, 1.54) is 0 Å². The lowest BCUT2D eigenvalue weighted by Gasteiger charge is -2.38. The molecule has 0 aromatic carbocycles. The summed E-state index contributed by atoms with van der Waals surface area (Å²) in [5.74, 6) is 0.281. The molecule has 5 N–H and O–H groups in total. The summed E-state index contributed by atoms with van der Waals surface area (Å²) < 4.78 is 0. The zero-order valence-electron chi connectivity index (χ0n) is 12.4. The summed E-state index contributed by atoms with van der Waals surface area (Å²) in [5.41, 5.74) is 10.6. The lowest BCUT2D eigenvalue weighted by molar-refractivity contribution is -0.130. The molecule has 1 saturated carbocycles. The van der Waals surface area contributed by atoms with Gasteiger partial charge in [0.2, 0.25) is 11.8 Å². The highest BCUT2D eigenvalue weighted by molar-refractivity contribution is 5.81. The summed E-state index contributed by atoms with van der Waals surface area (Å²) >= 11 is 0. The molecule has 1 fully saturated rings. The van der Waals surface area contributed by atoms with Crippen LogP contribution in [0.4, 0.5) is 0 Å². The first-order chi connectivity index (χ1) is 8.62. The molecule has 1 rings (SSSR count). The van der Waals surface area contributed by atoms with Crippen LogP contribution in [-0.2, 0) is 9.59 Å². The number of primary amides is 1. The predicted molar refractivity (Wildman–Crippen MR) is 75.1 cm³/mol. The molecule has 0 aromatic heterocycles. The molecule has 0 spiro atoms. The molecule has 0 saturated heterocycles. The minimum atomic E-state index is -0.601. The zero-order valence-corrected chi connectivity index (χ0v) is 12.4. The summed E-state index contributed by atoms with van der Waals surface area (Å²) in [6.07, 6.45) is 1.82. The molecule has 5 heteroatoms. The highest BCUT2D eigenvalue weighted by atomic mass is 16.2. The van der Waals surface area contributed by atoms with Gasteiger partial charge in [-0.15, -0.1) is 0 Å². The molecule has 0 radical (unpaired) electrons. The number of nitrogens with one attached hydrogen (secondary N) is 1. The van der Waals surface area contributed by atoms with Crippen LogP contribution in [0, 0.1) is 17.8 Å². The standard InChI is InChI=1S/C14H27N3O2/c1-8-5-9(2)11(15)6-10(8)13(19)17-14(3,4)7-12(16)18/h8-11H,5-7,15H2,1-4H3,(H2,16,18)(H,17,19). The zero-order chi connectivity index (χ0) is 14.8. The molecule has 2 amide bonds. The van der Waals surface area contributed by atoms with Crippen LogP contribution >= 0.6 is 0 Å². The third-order valence-corrected chi connectivity index (χ3v) is 4.10. The summed E-state index contributed by atoms with van der Waals surface area (Å²) in [7, 11) is 0. The van der Waals surface area contributed by atoms with Crippen molar-refractivity contribution in [2.24, 2.45) is 29.2 Å². The largest absolute Gasteiger partial charge is 0.370 e. The Bertz CT molecular complexity index is 355. The number of carbonyl (C=O) groups is 2. The van der Waals surface area contributed by atoms with Crippen molar-refractivity contribution in [1.29, 1.82) is 0 Å². The van der Waals surface area contributed by atoms with E-state index < -0.39 is 11.4 Å². The highest BCUT2D eigenvalue weighted by Gasteiger charge is 2.36. The number of hydrogen-bond donors (Lipinski definition) is 3. The van der Waals surface area contributed by atoms with E-state index >= 15 is 0 Å². The van der Waals surface area contributed by atoms with Gasteiger partial charge in [-0.25, -0.2) is 0 Å². The summed E-state index contributed by atoms with van der Waals surface area (Å²) in [4.78, 5) is 23.3. The van der Waals surface area contributed by atoms with Crippen LogP contribution in [0.15, 0.2) is 0 Å². The fraction of sp³-hybridized carbons (Fsp3) is 0.857. The number of nitrogens with two attached hydrogens (primary N) is 2. The van der Waals surface area contributed by atoms with E-state index in [4.69, 9.17) is 11.5 Å². The Kier molecular flexibility index (Phi) is 4.96. The Morgan fingerprint density at radius 2 is 1.79 bits per heavy atom. The Hall–Kier alpha value is -1.10. The lowest BCUT2D eigenvalue weighted by atomic mass is 9.72. The Labute approximate surface area is 115 Å². The normalized spacial score (nSPS) is 31.8. The molecule has 5 nitrogen and oxygen atoms in total. The van der Waals surface area contributed by atoms with Gasteiger partial charge in [0, 0.05) is 23.9 Å². The van der Waals surface area contributed by atoms with E-state index in [0.29, 0.717) is 18.3 Å². The first-order valence-corrected chi connectivity index (χ1v) is 6.98. The van der Waals surface area contributed by atoms with Crippen LogP contribution in [0.25, 0.3) is 0 Å². The molecule has 4 unspecified atom stereocenters. The summed E-state index contributed by atoms with van der Waals surface area (Å²) in [6.45, 7) is 7.84. The fourth-order valence-corrected chi connectivity index (χ4v) is 2.95. The van der Waals surface area contributed by atoms with Crippen LogP contribution in [0.5, 0.6) is 0 Å². The van der Waals surface area contributed by atoms with Gasteiger partial charge < -0.3 is 16.8 Å². The lowest BCUT2D eigenvalue weighted by Crippen LogP contribution is -2.52. The molecule has 0 heterocycles. The second kappa shape index (κ2) is 5.90. The van der Waals surface area contributed by atoms with Gasteiger partial charge in [0.05, 0.1) is 0 Å². The van der Waals surface area contributed by atoms with Gasteiger partial charge in [-0.2, -0.15) is 0 Å². The maximum absolute atomic E-state index is 12.3. The number of amides is 2. The van der Waals surface area contributed by atoms with E-state index in [0.717, 1.165) is 6.42 Å². The van der Waals surface area contributed by atoms with Crippen molar-refractivity contribution < 1.29 is 9.59 Å². The molecular formula is C14H27N3O2. The number of carbonyl (C=O) groups excluding carboxylic acids is 2. The smallest absolute Gasteiger partial charge is 0.223 e. The molecule has 19 heavy (non-hydrogen) atoms. The van der Waals surface area contributed by atoms with Gasteiger partial charge in [0.1, 0.15) is 0 Å². The SMILES string of the molecule is CC1CC(C)C(C(=O)NC(C)(C)CC(N)=O)CC1N. The van der Waals surface area contributed by atoms with Crippen LogP contribution < -0.4 is 16.8 Å². The Balaban J connectivity index is 2.65. The van der Waals surface area contributed by atoms with E-state index in [1.54, 1.807) is 0 Å². The van der Waals surface area contributed by atoms with Crippen LogP contribution in [0.2, 0.25) is 0 Å². The molecule has 110 valence electrons. The van der Waals surface area contributed by atoms with Crippen LogP contribution in [0.3, 0.4) is 0 Å². The number of rotatable bonds is 4. The van der Waals surface area contributed by atoms with Crippen molar-refractivity contribution in [2.45, 2.75) is 58.5 Å². The molecule has 1 aliphatic carbocycles. The van der Waals surface area contributed by atoms with Gasteiger partial charge in [-0.3, -0.25) is 9.59 Å². The van der Waals surface area contributed by atoms with Crippen molar-refractivity contribution in [2.75, 3.05) is 0 Å². The van der Waals surface area contributed by atoms with Crippen LogP contribution in [-0.4, -0.2) is 23.4 Å². The maximum atomic E-state index is 12.3. The average Bonchev–Trinajstić information content (AvgIpc) is 2.20. The quantitative estimate of drug-likeness (QED) is 0.703. The first-order valence-electron chi connectivity index (χ1n) is 6.98. The third-order valence-electron chi connectivity index (χ3n) is 4.10. The van der Waals surface area contributed by atoms with Crippen molar-refractivity contribution >= 4 is 11.8 Å². The van der Waals surface area contributed by atoms with Gasteiger partial charge in [-0.05, 0) is 38.5 Å². The van der Waals surface area contributed by atoms with Gasteiger partial charge in [0.25, 0.3) is 0 Å². The molecular weight excluding hydrogens is 242 g/mol. The molecule has 0 bridgehead atoms. The topological polar surface area (TPSA) is 98.2 Å². The second-order valence-electron chi connectivity index (χ2n) is 6.71. The van der Waals surface area contributed by atoms with Crippen LogP contribution in [0.1, 0.15) is 47.0 Å². The first kappa shape index (κ1) is 16.0. The van der Waals surface area contributed by atoms with E-state index in [2.05, 4.69) is 19.2 Å². The molecule has 1 aliphatic rings. The average molecular weight is 269 g/mol. The van der Waals surface area contributed by atoms with E-state index in [-0.39, 0.29) is 24.3 Å². The molecule has 0 aliphatic heterocycles. The molecule has 0 aromatic rings. The van der Waals surface area contributed by atoms with E-state index in [1.807, 2.05) is 13.8 Å². The minimum absolute atomic E-state index is 0.0129. The van der Waals surface area contributed by atoms with E-state index in [9.17, 15) is 9.59 Å². The Morgan fingerprint density at radius 3 is 2.32 bits per heavy atom. The second-order valence-corrected chi connectivity index (χ2v) is 6.71. The van der Waals surface area contributed by atoms with Gasteiger partial charge in [-0.1, -0.05) is 13.8 Å². The van der Waals surface area contributed by atoms with Crippen molar-refractivity contribution in [3.8, 4) is 0 Å². The van der Waals surface area contributed by atoms with Crippen molar-refractivity contribution in [1.82, 2.24) is 5.32 Å². The summed E-state index contributed by atoms with van der Waals surface area (Å²) in [6, 6.07) is 0.0752. The van der Waals surface area contributed by atoms with Crippen molar-refractivity contribution in [3.63, 3.8) is 0 Å². The summed E-state index contributed by atoms with van der Waals surface area (Å²) in [5, 5.41) is 2.93. The predicted octanol–water partition coefficient (Wildman–Crippen LogP) is 0.766. The van der Waals surface area contributed by atoms with Gasteiger partial charge in [0.15, 0.2) is 0 Å². The maximum Gasteiger partial charge on any atom is 0.223 e. The highest BCUT2D eigenvalue weighted by Crippen LogP contribution is 2.33. The minimum Gasteiger partial charge on any atom is -0.370 e. The monoisotopic (exact) mass is 269 g/mol. The fourth-order valence-electron chi connectivity index (χ4n) is 2.95. The van der Waals surface area contributed by atoms with Crippen molar-refractivity contribution in [3.05, 3.63) is 0 Å². The third kappa shape index (κ3) is 4.49. The van der Waals surface area contributed by atoms with Gasteiger partial charge >= 0.3 is 0 Å². The number of hydrogen-bond acceptors (Lipinski definition) is 3. The Morgan fingerprint density at radius 1 is 1.21 bits per heavy atom. The molecule has 4 atom stereocenters.